The topological polar surface area (TPSA) is 71.3 Å². The van der Waals surface area contributed by atoms with Crippen LogP contribution in [0.25, 0.3) is 0 Å². The summed E-state index contributed by atoms with van der Waals surface area (Å²) < 4.78 is 2.17. The second-order valence-corrected chi connectivity index (χ2v) is 5.57. The van der Waals surface area contributed by atoms with Crippen LogP contribution in [0, 0.1) is 0 Å². The van der Waals surface area contributed by atoms with Gasteiger partial charge in [-0.3, -0.25) is 4.79 Å². The highest BCUT2D eigenvalue weighted by molar-refractivity contribution is 9.10. The van der Waals surface area contributed by atoms with E-state index in [9.17, 15) is 9.59 Å². The van der Waals surface area contributed by atoms with Crippen LogP contribution in [0.1, 0.15) is 27.8 Å². The maximum absolute atomic E-state index is 12.2. The van der Waals surface area contributed by atoms with Gasteiger partial charge in [0.15, 0.2) is 0 Å². The van der Waals surface area contributed by atoms with Gasteiger partial charge in [-0.25, -0.2) is 4.79 Å². The van der Waals surface area contributed by atoms with Crippen molar-refractivity contribution >= 4 is 45.1 Å². The normalized spacial score (nSPS) is 10.4. The van der Waals surface area contributed by atoms with Gasteiger partial charge in [-0.2, -0.15) is 0 Å². The number of carbonyl (C=O) groups is 2. The Morgan fingerprint density at radius 2 is 2.10 bits per heavy atom. The van der Waals surface area contributed by atoms with Crippen LogP contribution in [0.4, 0.5) is 5.69 Å². The first-order valence-electron chi connectivity index (χ1n) is 6.12. The van der Waals surface area contributed by atoms with Crippen molar-refractivity contribution in [3.8, 4) is 0 Å². The standard InChI is InChI=1S/C14H12BrClN2O3/c1-2-18-7-8(16)5-12(18)13(19)17-9-3-4-11(15)10(6-9)14(20)21/h3-7H,2H2,1H3,(H,17,19)(H,20,21). The molecule has 1 heterocycles. The van der Waals surface area contributed by atoms with E-state index in [0.29, 0.717) is 27.4 Å². The predicted octanol–water partition coefficient (Wildman–Crippen LogP) is 3.87. The van der Waals surface area contributed by atoms with Crippen LogP contribution in [0.3, 0.4) is 0 Å². The van der Waals surface area contributed by atoms with Crippen molar-refractivity contribution in [2.24, 2.45) is 0 Å². The first-order valence-corrected chi connectivity index (χ1v) is 7.29. The van der Waals surface area contributed by atoms with E-state index in [-0.39, 0.29) is 11.5 Å². The SMILES string of the molecule is CCn1cc(Cl)cc1C(=O)Nc1ccc(Br)c(C(=O)O)c1. The van der Waals surface area contributed by atoms with Crippen molar-refractivity contribution in [1.29, 1.82) is 0 Å². The summed E-state index contributed by atoms with van der Waals surface area (Å²) >= 11 is 9.05. The van der Waals surface area contributed by atoms with Crippen molar-refractivity contribution in [1.82, 2.24) is 4.57 Å². The first-order chi connectivity index (χ1) is 9.92. The number of carbonyl (C=O) groups excluding carboxylic acids is 1. The smallest absolute Gasteiger partial charge is 0.336 e. The van der Waals surface area contributed by atoms with Gasteiger partial charge in [-0.15, -0.1) is 0 Å². The van der Waals surface area contributed by atoms with Crippen LogP contribution >= 0.6 is 27.5 Å². The fraction of sp³-hybridized carbons (Fsp3) is 0.143. The Hall–Kier alpha value is -1.79. The number of nitrogens with zero attached hydrogens (tertiary/aromatic N) is 1. The molecular weight excluding hydrogens is 360 g/mol. The summed E-state index contributed by atoms with van der Waals surface area (Å²) in [7, 11) is 0. The lowest BCUT2D eigenvalue weighted by atomic mass is 10.2. The van der Waals surface area contributed by atoms with Gasteiger partial charge in [0.1, 0.15) is 5.69 Å². The molecule has 0 spiro atoms. The van der Waals surface area contributed by atoms with Crippen molar-refractivity contribution in [2.45, 2.75) is 13.5 Å². The molecule has 1 aromatic heterocycles. The van der Waals surface area contributed by atoms with Crippen LogP contribution in [-0.4, -0.2) is 21.6 Å². The Labute approximate surface area is 134 Å². The molecular formula is C14H12BrClN2O3. The number of rotatable bonds is 4. The summed E-state index contributed by atoms with van der Waals surface area (Å²) in [5.41, 5.74) is 0.902. The Kier molecular flexibility index (Phi) is 4.69. The second kappa shape index (κ2) is 6.32. The number of halogens is 2. The Balaban J connectivity index is 2.27. The molecule has 110 valence electrons. The average Bonchev–Trinajstić information content (AvgIpc) is 2.82. The summed E-state index contributed by atoms with van der Waals surface area (Å²) in [5.74, 6) is -1.42. The number of benzene rings is 1. The van der Waals surface area contributed by atoms with Gasteiger partial charge < -0.3 is 15.0 Å². The molecule has 1 amide bonds. The van der Waals surface area contributed by atoms with E-state index < -0.39 is 5.97 Å². The van der Waals surface area contributed by atoms with Crippen molar-refractivity contribution in [3.05, 3.63) is 51.2 Å². The lowest BCUT2D eigenvalue weighted by Gasteiger charge is -2.09. The molecule has 0 aliphatic carbocycles. The molecule has 21 heavy (non-hydrogen) atoms. The molecule has 2 aromatic rings. The molecule has 1 aromatic carbocycles. The fourth-order valence-electron chi connectivity index (χ4n) is 1.89. The highest BCUT2D eigenvalue weighted by Crippen LogP contribution is 2.22. The average molecular weight is 372 g/mol. The lowest BCUT2D eigenvalue weighted by Crippen LogP contribution is -2.16. The third-order valence-electron chi connectivity index (χ3n) is 2.89. The maximum atomic E-state index is 12.2. The molecule has 0 saturated heterocycles. The van der Waals surface area contributed by atoms with E-state index >= 15 is 0 Å². The van der Waals surface area contributed by atoms with E-state index in [1.165, 1.54) is 6.07 Å². The monoisotopic (exact) mass is 370 g/mol. The van der Waals surface area contributed by atoms with Gasteiger partial charge in [-0.1, -0.05) is 11.6 Å². The van der Waals surface area contributed by atoms with Crippen LogP contribution in [-0.2, 0) is 6.54 Å². The quantitative estimate of drug-likeness (QED) is 0.857. The second-order valence-electron chi connectivity index (χ2n) is 4.28. The molecule has 2 rings (SSSR count). The zero-order valence-corrected chi connectivity index (χ0v) is 13.4. The van der Waals surface area contributed by atoms with Crippen LogP contribution < -0.4 is 5.32 Å². The van der Waals surface area contributed by atoms with E-state index in [0.717, 1.165) is 0 Å². The molecule has 0 saturated carbocycles. The number of amides is 1. The number of nitrogens with one attached hydrogen (secondary N) is 1. The summed E-state index contributed by atoms with van der Waals surface area (Å²) in [6.45, 7) is 2.51. The molecule has 0 aliphatic rings. The van der Waals surface area contributed by atoms with Crippen LogP contribution in [0.15, 0.2) is 34.9 Å². The van der Waals surface area contributed by atoms with E-state index in [4.69, 9.17) is 16.7 Å². The van der Waals surface area contributed by atoms with Crippen molar-refractivity contribution in [2.75, 3.05) is 5.32 Å². The zero-order chi connectivity index (χ0) is 15.6. The van der Waals surface area contributed by atoms with Gasteiger partial charge in [-0.05, 0) is 47.1 Å². The largest absolute Gasteiger partial charge is 0.478 e. The van der Waals surface area contributed by atoms with Gasteiger partial charge in [0.2, 0.25) is 0 Å². The number of aryl methyl sites for hydroxylation is 1. The minimum Gasteiger partial charge on any atom is -0.478 e. The summed E-state index contributed by atoms with van der Waals surface area (Å²) in [4.78, 5) is 23.3. The van der Waals surface area contributed by atoms with Crippen LogP contribution in [0.5, 0.6) is 0 Å². The fourth-order valence-corrected chi connectivity index (χ4v) is 2.53. The van der Waals surface area contributed by atoms with Crippen molar-refractivity contribution in [3.63, 3.8) is 0 Å². The number of aromatic nitrogens is 1. The zero-order valence-electron chi connectivity index (χ0n) is 11.1. The minimum atomic E-state index is -1.07. The number of hydrogen-bond acceptors (Lipinski definition) is 2. The molecule has 5 nitrogen and oxygen atoms in total. The third kappa shape index (κ3) is 3.46. The number of carboxylic acids is 1. The lowest BCUT2D eigenvalue weighted by molar-refractivity contribution is 0.0695. The Morgan fingerprint density at radius 3 is 2.71 bits per heavy atom. The first kappa shape index (κ1) is 15.6. The number of hydrogen-bond donors (Lipinski definition) is 2. The summed E-state index contributed by atoms with van der Waals surface area (Å²) in [6.07, 6.45) is 1.67. The molecule has 0 unspecified atom stereocenters. The molecule has 0 aliphatic heterocycles. The minimum absolute atomic E-state index is 0.0803. The number of aromatic carboxylic acids is 1. The van der Waals surface area contributed by atoms with Crippen molar-refractivity contribution < 1.29 is 14.7 Å². The molecule has 7 heteroatoms. The van der Waals surface area contributed by atoms with E-state index in [1.807, 2.05) is 6.92 Å². The van der Waals surface area contributed by atoms with Gasteiger partial charge in [0.05, 0.1) is 10.6 Å². The summed E-state index contributed by atoms with van der Waals surface area (Å²) in [5, 5.41) is 12.2. The van der Waals surface area contributed by atoms with Crippen LogP contribution in [0.2, 0.25) is 5.02 Å². The van der Waals surface area contributed by atoms with E-state index in [2.05, 4.69) is 21.2 Å². The Morgan fingerprint density at radius 1 is 1.38 bits per heavy atom. The number of carboxylic acid groups (broad SMARTS) is 1. The molecule has 0 atom stereocenters. The van der Waals surface area contributed by atoms with E-state index in [1.54, 1.807) is 29.0 Å². The molecule has 0 bridgehead atoms. The highest BCUT2D eigenvalue weighted by Gasteiger charge is 2.14. The summed E-state index contributed by atoms with van der Waals surface area (Å²) in [6, 6.07) is 6.16. The van der Waals surface area contributed by atoms with Gasteiger partial charge >= 0.3 is 5.97 Å². The molecule has 0 radical (unpaired) electrons. The Bertz CT molecular complexity index is 712. The highest BCUT2D eigenvalue weighted by atomic mass is 79.9. The number of anilines is 1. The maximum Gasteiger partial charge on any atom is 0.336 e. The third-order valence-corrected chi connectivity index (χ3v) is 3.79. The van der Waals surface area contributed by atoms with Gasteiger partial charge in [0.25, 0.3) is 5.91 Å². The molecule has 0 fully saturated rings. The molecule has 2 N–H and O–H groups in total. The van der Waals surface area contributed by atoms with Gasteiger partial charge in [0, 0.05) is 22.9 Å². The predicted molar refractivity (Wildman–Crippen MR) is 84.2 cm³/mol.